The molecule has 0 amide bonds. The highest BCUT2D eigenvalue weighted by molar-refractivity contribution is 6.39. The highest BCUT2D eigenvalue weighted by atomic mass is 35.5. The summed E-state index contributed by atoms with van der Waals surface area (Å²) < 4.78 is 5.41. The van der Waals surface area contributed by atoms with Crippen molar-refractivity contribution >= 4 is 34.8 Å². The molecule has 0 atom stereocenters. The Labute approximate surface area is 229 Å². The van der Waals surface area contributed by atoms with Gasteiger partial charge in [-0.2, -0.15) is 0 Å². The molecule has 0 aliphatic rings. The summed E-state index contributed by atoms with van der Waals surface area (Å²) in [6, 6.07) is 21.9. The number of nitrogens with one attached hydrogen (secondary N) is 2. The first-order valence-corrected chi connectivity index (χ1v) is 12.4. The summed E-state index contributed by atoms with van der Waals surface area (Å²) in [4.78, 5) is 17.3. The molecule has 5 aromatic rings. The zero-order chi connectivity index (χ0) is 26.5. The normalized spacial score (nSPS) is 10.7. The molecule has 38 heavy (non-hydrogen) atoms. The number of hydrogen-bond acceptors (Lipinski definition) is 6. The van der Waals surface area contributed by atoms with Crippen molar-refractivity contribution in [3.63, 3.8) is 0 Å². The number of aliphatic hydroxyl groups excluding tert-OH is 1. The van der Waals surface area contributed by atoms with Crippen LogP contribution in [0.3, 0.4) is 0 Å². The molecule has 5 rings (SSSR count). The van der Waals surface area contributed by atoms with Crippen LogP contribution in [-0.2, 0) is 0 Å². The summed E-state index contributed by atoms with van der Waals surface area (Å²) >= 11 is 13.0. The van der Waals surface area contributed by atoms with Gasteiger partial charge in [-0.25, -0.2) is 15.0 Å². The minimum atomic E-state index is -0.0480. The molecule has 0 saturated carbocycles. The molecule has 2 heterocycles. The second-order valence-electron chi connectivity index (χ2n) is 8.12. The van der Waals surface area contributed by atoms with Crippen LogP contribution in [0.1, 0.15) is 5.56 Å². The second kappa shape index (κ2) is 11.4. The van der Waals surface area contributed by atoms with Gasteiger partial charge in [-0.15, -0.1) is 6.42 Å². The van der Waals surface area contributed by atoms with Gasteiger partial charge in [-0.1, -0.05) is 47.3 Å². The molecule has 0 aliphatic heterocycles. The lowest BCUT2D eigenvalue weighted by molar-refractivity contribution is 0.201. The lowest BCUT2D eigenvalue weighted by atomic mass is 10.1. The molecule has 0 bridgehead atoms. The van der Waals surface area contributed by atoms with Crippen molar-refractivity contribution in [3.05, 3.63) is 94.6 Å². The molecule has 0 fully saturated rings. The first-order valence-electron chi connectivity index (χ1n) is 11.6. The summed E-state index contributed by atoms with van der Waals surface area (Å²) in [7, 11) is 0. The van der Waals surface area contributed by atoms with Crippen LogP contribution in [0.4, 0.5) is 11.6 Å². The van der Waals surface area contributed by atoms with Crippen LogP contribution in [0, 0.1) is 12.3 Å². The van der Waals surface area contributed by atoms with Gasteiger partial charge in [0.15, 0.2) is 0 Å². The van der Waals surface area contributed by atoms with Gasteiger partial charge >= 0.3 is 0 Å². The monoisotopic (exact) mass is 541 g/mol. The van der Waals surface area contributed by atoms with E-state index in [1.807, 2.05) is 36.4 Å². The fourth-order valence-corrected chi connectivity index (χ4v) is 4.43. The first kappa shape index (κ1) is 25.3. The van der Waals surface area contributed by atoms with E-state index in [1.54, 1.807) is 42.6 Å². The summed E-state index contributed by atoms with van der Waals surface area (Å²) in [5.74, 6) is 4.22. The van der Waals surface area contributed by atoms with E-state index in [2.05, 4.69) is 21.2 Å². The number of nitrogens with zero attached hydrogens (tertiary/aromatic N) is 3. The van der Waals surface area contributed by atoms with Gasteiger partial charge in [0.05, 0.1) is 39.3 Å². The first-order chi connectivity index (χ1) is 18.6. The predicted molar refractivity (Wildman–Crippen MR) is 151 cm³/mol. The number of hydrogen-bond donors (Lipinski definition) is 3. The standard InChI is InChI=1S/C29H21Cl2N5O2/c1-2-18-5-3-6-19(17-18)26-27(36-28(35-26)25-22(30)7-4-8-23(25)31)24-13-14-32-29(34-24)33-20-9-11-21(12-10-20)38-16-15-37/h1,3-14,17,37H,15-16H2,(H,35,36)(H,32,33,34). The molecule has 3 N–H and O–H groups in total. The third-order valence-electron chi connectivity index (χ3n) is 5.59. The Hall–Kier alpha value is -4.35. The number of ether oxygens (including phenoxy) is 1. The SMILES string of the molecule is C#Cc1cccc(-c2nc(-c3c(Cl)cccc3Cl)[nH]c2-c2ccnc(Nc3ccc(OCCO)cc3)n2)c1. The zero-order valence-corrected chi connectivity index (χ0v) is 21.5. The third kappa shape index (κ3) is 5.48. The van der Waals surface area contributed by atoms with Gasteiger partial charge in [0.1, 0.15) is 18.2 Å². The zero-order valence-electron chi connectivity index (χ0n) is 20.0. The van der Waals surface area contributed by atoms with E-state index < -0.39 is 0 Å². The fraction of sp³-hybridized carbons (Fsp3) is 0.0690. The smallest absolute Gasteiger partial charge is 0.227 e. The predicted octanol–water partition coefficient (Wildman–Crippen LogP) is 6.60. The third-order valence-corrected chi connectivity index (χ3v) is 6.22. The highest BCUT2D eigenvalue weighted by Gasteiger charge is 2.20. The minimum Gasteiger partial charge on any atom is -0.491 e. The molecule has 7 nitrogen and oxygen atoms in total. The summed E-state index contributed by atoms with van der Waals surface area (Å²) in [6.45, 7) is 0.184. The lowest BCUT2D eigenvalue weighted by Crippen LogP contribution is -2.02. The molecule has 0 radical (unpaired) electrons. The Balaban J connectivity index is 1.55. The minimum absolute atomic E-state index is 0.0480. The number of aromatic amines is 1. The quantitative estimate of drug-likeness (QED) is 0.191. The lowest BCUT2D eigenvalue weighted by Gasteiger charge is -2.09. The van der Waals surface area contributed by atoms with Gasteiger partial charge in [-0.05, 0) is 54.6 Å². The molecule has 3 aromatic carbocycles. The Morgan fingerprint density at radius 3 is 2.47 bits per heavy atom. The van der Waals surface area contributed by atoms with Crippen LogP contribution >= 0.6 is 23.2 Å². The maximum Gasteiger partial charge on any atom is 0.227 e. The Bertz CT molecular complexity index is 1610. The van der Waals surface area contributed by atoms with Crippen molar-refractivity contribution in [1.82, 2.24) is 19.9 Å². The second-order valence-corrected chi connectivity index (χ2v) is 8.93. The van der Waals surface area contributed by atoms with E-state index in [4.69, 9.17) is 49.4 Å². The molecule has 2 aromatic heterocycles. The molecule has 188 valence electrons. The van der Waals surface area contributed by atoms with Crippen LogP contribution < -0.4 is 10.1 Å². The topological polar surface area (TPSA) is 96.0 Å². The average molecular weight is 542 g/mol. The average Bonchev–Trinajstić information content (AvgIpc) is 3.38. The summed E-state index contributed by atoms with van der Waals surface area (Å²) in [5.41, 5.74) is 4.80. The number of imidazole rings is 1. The largest absolute Gasteiger partial charge is 0.491 e. The van der Waals surface area contributed by atoms with Gasteiger partial charge in [0.25, 0.3) is 0 Å². The summed E-state index contributed by atoms with van der Waals surface area (Å²) in [5, 5.41) is 13.1. The van der Waals surface area contributed by atoms with Crippen molar-refractivity contribution in [2.45, 2.75) is 0 Å². The molecular weight excluding hydrogens is 521 g/mol. The number of anilines is 2. The highest BCUT2D eigenvalue weighted by Crippen LogP contribution is 2.38. The van der Waals surface area contributed by atoms with Crippen LogP contribution in [0.2, 0.25) is 10.0 Å². The molecule has 0 spiro atoms. The van der Waals surface area contributed by atoms with Gasteiger partial charge in [-0.3, -0.25) is 0 Å². The number of rotatable bonds is 8. The van der Waals surface area contributed by atoms with Gasteiger partial charge in [0.2, 0.25) is 5.95 Å². The Morgan fingerprint density at radius 2 is 1.74 bits per heavy atom. The number of benzene rings is 3. The van der Waals surface area contributed by atoms with Crippen LogP contribution in [0.15, 0.2) is 79.0 Å². The fourth-order valence-electron chi connectivity index (χ4n) is 3.85. The summed E-state index contributed by atoms with van der Waals surface area (Å²) in [6.07, 6.45) is 7.31. The van der Waals surface area contributed by atoms with Gasteiger partial charge < -0.3 is 20.1 Å². The van der Waals surface area contributed by atoms with Crippen molar-refractivity contribution in [1.29, 1.82) is 0 Å². The Kier molecular flexibility index (Phi) is 7.57. The van der Waals surface area contributed by atoms with Crippen molar-refractivity contribution in [2.24, 2.45) is 0 Å². The van der Waals surface area contributed by atoms with E-state index in [9.17, 15) is 0 Å². The van der Waals surface area contributed by atoms with Crippen molar-refractivity contribution < 1.29 is 9.84 Å². The molecule has 9 heteroatoms. The molecule has 0 saturated heterocycles. The number of aliphatic hydroxyl groups is 1. The van der Waals surface area contributed by atoms with E-state index >= 15 is 0 Å². The van der Waals surface area contributed by atoms with Gasteiger partial charge in [0, 0.05) is 23.0 Å². The van der Waals surface area contributed by atoms with E-state index in [0.717, 1.165) is 16.8 Å². The molecule has 0 unspecified atom stereocenters. The van der Waals surface area contributed by atoms with Crippen molar-refractivity contribution in [3.8, 4) is 52.1 Å². The van der Waals surface area contributed by atoms with Crippen LogP contribution in [0.5, 0.6) is 5.75 Å². The van der Waals surface area contributed by atoms with Crippen LogP contribution in [0.25, 0.3) is 34.0 Å². The number of aromatic nitrogens is 4. The van der Waals surface area contributed by atoms with E-state index in [0.29, 0.717) is 50.2 Å². The van der Waals surface area contributed by atoms with Crippen molar-refractivity contribution in [2.75, 3.05) is 18.5 Å². The van der Waals surface area contributed by atoms with Crippen LogP contribution in [-0.4, -0.2) is 38.3 Å². The van der Waals surface area contributed by atoms with E-state index in [1.165, 1.54) is 0 Å². The number of H-pyrrole nitrogens is 1. The maximum absolute atomic E-state index is 8.93. The number of halogens is 2. The maximum atomic E-state index is 8.93. The molecular formula is C29H21Cl2N5O2. The Morgan fingerprint density at radius 1 is 0.974 bits per heavy atom. The van der Waals surface area contributed by atoms with E-state index in [-0.39, 0.29) is 13.2 Å². The molecule has 0 aliphatic carbocycles. The number of terminal acetylenes is 1.